The van der Waals surface area contributed by atoms with Gasteiger partial charge in [-0.15, -0.1) is 0 Å². The van der Waals surface area contributed by atoms with Gasteiger partial charge in [-0.05, 0) is 36.4 Å². The fourth-order valence-corrected chi connectivity index (χ4v) is 1.47. The zero-order valence-electron chi connectivity index (χ0n) is 8.76. The van der Waals surface area contributed by atoms with Crippen LogP contribution in [0.2, 0.25) is 5.02 Å². The summed E-state index contributed by atoms with van der Waals surface area (Å²) in [6.07, 6.45) is 0.765. The van der Waals surface area contributed by atoms with Crippen molar-refractivity contribution < 1.29 is 14.6 Å². The van der Waals surface area contributed by atoms with Gasteiger partial charge in [0.25, 0.3) is 0 Å². The molecule has 86 valence electrons. The molecule has 3 nitrogen and oxygen atoms in total. The predicted molar refractivity (Wildman–Crippen MR) is 65.0 cm³/mol. The van der Waals surface area contributed by atoms with E-state index in [1.165, 1.54) is 12.1 Å². The van der Waals surface area contributed by atoms with E-state index < -0.39 is 0 Å². The van der Waals surface area contributed by atoms with E-state index in [0.717, 1.165) is 6.29 Å². The van der Waals surface area contributed by atoms with Crippen LogP contribution < -0.4 is 4.74 Å². The maximum absolute atomic E-state index is 10.5. The molecular formula is C13H9ClO3. The number of hydrogen-bond acceptors (Lipinski definition) is 3. The number of phenolic OH excluding ortho intramolecular Hbond substituents is 1. The van der Waals surface area contributed by atoms with Gasteiger partial charge in [-0.25, -0.2) is 0 Å². The first-order valence-corrected chi connectivity index (χ1v) is 5.28. The van der Waals surface area contributed by atoms with Gasteiger partial charge in [0.2, 0.25) is 0 Å². The molecule has 0 saturated carbocycles. The number of carbonyl (C=O) groups excluding carboxylic acids is 1. The molecule has 17 heavy (non-hydrogen) atoms. The van der Waals surface area contributed by atoms with Gasteiger partial charge in [0.15, 0.2) is 0 Å². The average Bonchev–Trinajstić information content (AvgIpc) is 2.35. The second kappa shape index (κ2) is 4.89. The van der Waals surface area contributed by atoms with E-state index in [1.54, 1.807) is 30.3 Å². The Morgan fingerprint density at radius 3 is 2.29 bits per heavy atom. The number of hydrogen-bond donors (Lipinski definition) is 1. The van der Waals surface area contributed by atoms with E-state index >= 15 is 0 Å². The zero-order valence-corrected chi connectivity index (χ0v) is 9.52. The third-order valence-electron chi connectivity index (χ3n) is 2.17. The molecule has 0 amide bonds. The summed E-state index contributed by atoms with van der Waals surface area (Å²) in [4.78, 5) is 10.5. The van der Waals surface area contributed by atoms with Crippen molar-refractivity contribution in [3.8, 4) is 17.2 Å². The summed E-state index contributed by atoms with van der Waals surface area (Å²) in [6.45, 7) is 0. The molecule has 1 N–H and O–H groups in total. The highest BCUT2D eigenvalue weighted by atomic mass is 35.5. The molecule has 0 heterocycles. The van der Waals surface area contributed by atoms with Crippen molar-refractivity contribution in [1.29, 1.82) is 0 Å². The molecule has 0 atom stereocenters. The van der Waals surface area contributed by atoms with Gasteiger partial charge in [0.05, 0.1) is 5.02 Å². The van der Waals surface area contributed by atoms with Crippen LogP contribution in [0.25, 0.3) is 0 Å². The van der Waals surface area contributed by atoms with Crippen LogP contribution in [-0.4, -0.2) is 11.4 Å². The summed E-state index contributed by atoms with van der Waals surface area (Å²) < 4.78 is 5.50. The molecule has 0 aliphatic heterocycles. The second-order valence-corrected chi connectivity index (χ2v) is 3.81. The number of benzene rings is 2. The summed E-state index contributed by atoms with van der Waals surface area (Å²) in [6, 6.07) is 11.3. The number of carbonyl (C=O) groups is 1. The average molecular weight is 249 g/mol. The zero-order chi connectivity index (χ0) is 12.3. The SMILES string of the molecule is O=Cc1ccc(Oc2ccc(O)c(Cl)c2)cc1. The normalized spacial score (nSPS) is 9.94. The molecule has 0 bridgehead atoms. The van der Waals surface area contributed by atoms with Crippen LogP contribution in [0.5, 0.6) is 17.2 Å². The topological polar surface area (TPSA) is 46.5 Å². The van der Waals surface area contributed by atoms with E-state index in [9.17, 15) is 9.90 Å². The number of aromatic hydroxyl groups is 1. The Labute approximate surface area is 103 Å². The maximum atomic E-state index is 10.5. The highest BCUT2D eigenvalue weighted by molar-refractivity contribution is 6.32. The van der Waals surface area contributed by atoms with Gasteiger partial charge in [-0.2, -0.15) is 0 Å². The van der Waals surface area contributed by atoms with Crippen LogP contribution in [0.4, 0.5) is 0 Å². The number of phenols is 1. The Morgan fingerprint density at radius 2 is 1.71 bits per heavy atom. The van der Waals surface area contributed by atoms with Crippen molar-refractivity contribution in [2.24, 2.45) is 0 Å². The quantitative estimate of drug-likeness (QED) is 0.844. The fourth-order valence-electron chi connectivity index (χ4n) is 1.30. The van der Waals surface area contributed by atoms with Crippen molar-refractivity contribution in [2.75, 3.05) is 0 Å². The minimum absolute atomic E-state index is 0.00956. The number of aldehydes is 1. The summed E-state index contributed by atoms with van der Waals surface area (Å²) in [5.74, 6) is 1.12. The summed E-state index contributed by atoms with van der Waals surface area (Å²) in [5, 5.41) is 9.48. The predicted octanol–water partition coefficient (Wildman–Crippen LogP) is 3.65. The largest absolute Gasteiger partial charge is 0.506 e. The smallest absolute Gasteiger partial charge is 0.150 e. The Balaban J connectivity index is 2.19. The highest BCUT2D eigenvalue weighted by Crippen LogP contribution is 2.30. The molecule has 2 aromatic rings. The standard InChI is InChI=1S/C13H9ClO3/c14-12-7-11(5-6-13(12)16)17-10-3-1-9(8-15)2-4-10/h1-8,16H. The lowest BCUT2D eigenvalue weighted by Crippen LogP contribution is -1.85. The minimum Gasteiger partial charge on any atom is -0.506 e. The van der Waals surface area contributed by atoms with Crippen LogP contribution in [-0.2, 0) is 0 Å². The van der Waals surface area contributed by atoms with E-state index in [-0.39, 0.29) is 10.8 Å². The van der Waals surface area contributed by atoms with Crippen molar-refractivity contribution in [2.45, 2.75) is 0 Å². The highest BCUT2D eigenvalue weighted by Gasteiger charge is 2.02. The van der Waals surface area contributed by atoms with Gasteiger partial charge < -0.3 is 9.84 Å². The summed E-state index contributed by atoms with van der Waals surface area (Å²) in [7, 11) is 0. The fraction of sp³-hybridized carbons (Fsp3) is 0. The number of halogens is 1. The molecule has 0 aliphatic rings. The van der Waals surface area contributed by atoms with Crippen LogP contribution in [0.3, 0.4) is 0 Å². The maximum Gasteiger partial charge on any atom is 0.150 e. The molecule has 4 heteroatoms. The van der Waals surface area contributed by atoms with E-state index in [0.29, 0.717) is 17.1 Å². The van der Waals surface area contributed by atoms with E-state index in [2.05, 4.69) is 0 Å². The van der Waals surface area contributed by atoms with Gasteiger partial charge >= 0.3 is 0 Å². The molecule has 0 fully saturated rings. The lowest BCUT2D eigenvalue weighted by atomic mass is 10.2. The molecule has 2 aromatic carbocycles. The van der Waals surface area contributed by atoms with E-state index in [1.807, 2.05) is 0 Å². The summed E-state index contributed by atoms with van der Waals surface area (Å²) >= 11 is 5.75. The second-order valence-electron chi connectivity index (χ2n) is 3.40. The lowest BCUT2D eigenvalue weighted by molar-refractivity contribution is 0.112. The third kappa shape index (κ3) is 2.77. The van der Waals surface area contributed by atoms with Crippen LogP contribution in [0.15, 0.2) is 42.5 Å². The Bertz CT molecular complexity index is 535. The molecule has 2 rings (SSSR count). The number of rotatable bonds is 3. The Kier molecular flexibility index (Phi) is 3.30. The van der Waals surface area contributed by atoms with Crippen molar-refractivity contribution in [1.82, 2.24) is 0 Å². The molecule has 0 aliphatic carbocycles. The van der Waals surface area contributed by atoms with Crippen LogP contribution in [0.1, 0.15) is 10.4 Å². The first kappa shape index (κ1) is 11.5. The summed E-state index contributed by atoms with van der Waals surface area (Å²) in [5.41, 5.74) is 0.584. The van der Waals surface area contributed by atoms with Gasteiger partial charge in [-0.3, -0.25) is 4.79 Å². The molecular weight excluding hydrogens is 240 g/mol. The first-order chi connectivity index (χ1) is 8.19. The minimum atomic E-state index is 0.00956. The first-order valence-electron chi connectivity index (χ1n) is 4.90. The Morgan fingerprint density at radius 1 is 1.06 bits per heavy atom. The van der Waals surface area contributed by atoms with Gasteiger partial charge in [-0.1, -0.05) is 11.6 Å². The number of ether oxygens (including phenoxy) is 1. The monoisotopic (exact) mass is 248 g/mol. The Hall–Kier alpha value is -2.00. The lowest BCUT2D eigenvalue weighted by Gasteiger charge is -2.06. The van der Waals surface area contributed by atoms with Crippen molar-refractivity contribution in [3.63, 3.8) is 0 Å². The molecule has 0 aromatic heterocycles. The van der Waals surface area contributed by atoms with Crippen LogP contribution in [0, 0.1) is 0 Å². The van der Waals surface area contributed by atoms with Crippen LogP contribution >= 0.6 is 11.6 Å². The molecule has 0 radical (unpaired) electrons. The van der Waals surface area contributed by atoms with E-state index in [4.69, 9.17) is 16.3 Å². The third-order valence-corrected chi connectivity index (χ3v) is 2.47. The van der Waals surface area contributed by atoms with Gasteiger partial charge in [0.1, 0.15) is 23.5 Å². The van der Waals surface area contributed by atoms with Gasteiger partial charge in [0, 0.05) is 11.6 Å². The van der Waals surface area contributed by atoms with Crippen molar-refractivity contribution in [3.05, 3.63) is 53.1 Å². The van der Waals surface area contributed by atoms with Crippen molar-refractivity contribution >= 4 is 17.9 Å². The molecule has 0 saturated heterocycles. The molecule has 0 spiro atoms. The molecule has 0 unspecified atom stereocenters.